The maximum absolute atomic E-state index is 5.96. The first-order valence-corrected chi connectivity index (χ1v) is 6.74. The van der Waals surface area contributed by atoms with Crippen LogP contribution in [-0.4, -0.2) is 44.3 Å². The Balaban J connectivity index is 1.65. The van der Waals surface area contributed by atoms with Crippen LogP contribution >= 0.6 is 0 Å². The Kier molecular flexibility index (Phi) is 4.62. The van der Waals surface area contributed by atoms with Crippen molar-refractivity contribution in [2.45, 2.75) is 38.1 Å². The Morgan fingerprint density at radius 1 is 1.12 bits per heavy atom. The van der Waals surface area contributed by atoms with Gasteiger partial charge < -0.3 is 15.4 Å². The number of nitrogens with two attached hydrogens (primary N) is 1. The molecule has 3 nitrogen and oxygen atoms in total. The van der Waals surface area contributed by atoms with E-state index in [-0.39, 0.29) is 0 Å². The summed E-state index contributed by atoms with van der Waals surface area (Å²) in [4.78, 5) is 2.63. The lowest BCUT2D eigenvalue weighted by atomic mass is 9.96. The lowest BCUT2D eigenvalue weighted by molar-refractivity contribution is 0.0928. The van der Waals surface area contributed by atoms with Crippen LogP contribution in [0.4, 0.5) is 0 Å². The first-order valence-electron chi connectivity index (χ1n) is 6.74. The van der Waals surface area contributed by atoms with Crippen LogP contribution in [0.15, 0.2) is 0 Å². The fraction of sp³-hybridized carbons (Fsp3) is 1.00. The van der Waals surface area contributed by atoms with Gasteiger partial charge in [-0.3, -0.25) is 0 Å². The summed E-state index contributed by atoms with van der Waals surface area (Å²) in [6.07, 6.45) is 6.46. The molecule has 2 N–H and O–H groups in total. The van der Waals surface area contributed by atoms with Gasteiger partial charge in [0.25, 0.3) is 0 Å². The third-order valence-electron chi connectivity index (χ3n) is 4.21. The number of methoxy groups -OCH3 is 1. The number of hydrogen-bond donors (Lipinski definition) is 1. The van der Waals surface area contributed by atoms with E-state index in [0.29, 0.717) is 6.04 Å². The molecular formula is C13H26N2O. The average molecular weight is 226 g/mol. The van der Waals surface area contributed by atoms with Crippen LogP contribution in [0.5, 0.6) is 0 Å². The largest absolute Gasteiger partial charge is 0.384 e. The molecule has 0 aromatic heterocycles. The van der Waals surface area contributed by atoms with Gasteiger partial charge in [-0.15, -0.1) is 0 Å². The van der Waals surface area contributed by atoms with Crippen molar-refractivity contribution < 1.29 is 4.74 Å². The predicted octanol–water partition coefficient (Wildman–Crippen LogP) is 1.47. The summed E-state index contributed by atoms with van der Waals surface area (Å²) >= 11 is 0. The molecule has 2 unspecified atom stereocenters. The molecule has 1 aliphatic carbocycles. The number of ether oxygens (including phenoxy) is 1. The predicted molar refractivity (Wildman–Crippen MR) is 66.4 cm³/mol. The second kappa shape index (κ2) is 5.99. The van der Waals surface area contributed by atoms with E-state index in [9.17, 15) is 0 Å². The van der Waals surface area contributed by atoms with Crippen molar-refractivity contribution in [2.75, 3.05) is 33.4 Å². The topological polar surface area (TPSA) is 38.5 Å². The van der Waals surface area contributed by atoms with E-state index >= 15 is 0 Å². The Morgan fingerprint density at radius 2 is 1.88 bits per heavy atom. The van der Waals surface area contributed by atoms with Crippen molar-refractivity contribution in [3.8, 4) is 0 Å². The van der Waals surface area contributed by atoms with E-state index in [1.54, 1.807) is 0 Å². The third-order valence-corrected chi connectivity index (χ3v) is 4.21. The Morgan fingerprint density at radius 3 is 2.44 bits per heavy atom. The number of nitrogens with zero attached hydrogens (tertiary/aromatic N) is 1. The fourth-order valence-electron chi connectivity index (χ4n) is 3.22. The Labute approximate surface area is 99.3 Å². The first kappa shape index (κ1) is 12.3. The van der Waals surface area contributed by atoms with E-state index in [2.05, 4.69) is 4.90 Å². The number of likely N-dealkylation sites (tertiary alicyclic amines) is 1. The van der Waals surface area contributed by atoms with Gasteiger partial charge in [-0.2, -0.15) is 0 Å². The molecule has 1 saturated carbocycles. The quantitative estimate of drug-likeness (QED) is 0.789. The molecule has 1 heterocycles. The maximum Gasteiger partial charge on any atom is 0.0491 e. The fourth-order valence-corrected chi connectivity index (χ4v) is 3.22. The number of rotatable bonds is 4. The molecule has 3 heteroatoms. The monoisotopic (exact) mass is 226 g/mol. The van der Waals surface area contributed by atoms with Gasteiger partial charge in [-0.05, 0) is 57.0 Å². The SMILES string of the molecule is COCC1CCN(CC2CCC(N)C2)CC1. The lowest BCUT2D eigenvalue weighted by Gasteiger charge is -2.33. The second-order valence-electron chi connectivity index (χ2n) is 5.64. The molecule has 0 bridgehead atoms. The van der Waals surface area contributed by atoms with E-state index in [1.165, 1.54) is 51.7 Å². The summed E-state index contributed by atoms with van der Waals surface area (Å²) in [5, 5.41) is 0. The molecule has 2 atom stereocenters. The van der Waals surface area contributed by atoms with Gasteiger partial charge in [0.2, 0.25) is 0 Å². The maximum atomic E-state index is 5.96. The summed E-state index contributed by atoms with van der Waals surface area (Å²) in [6, 6.07) is 0.482. The van der Waals surface area contributed by atoms with Crippen LogP contribution in [-0.2, 0) is 4.74 Å². The lowest BCUT2D eigenvalue weighted by Crippen LogP contribution is -2.37. The highest BCUT2D eigenvalue weighted by atomic mass is 16.5. The summed E-state index contributed by atoms with van der Waals surface area (Å²) in [5.41, 5.74) is 5.96. The number of hydrogen-bond acceptors (Lipinski definition) is 3. The molecule has 0 spiro atoms. The van der Waals surface area contributed by atoms with Gasteiger partial charge in [0.15, 0.2) is 0 Å². The van der Waals surface area contributed by atoms with E-state index in [4.69, 9.17) is 10.5 Å². The van der Waals surface area contributed by atoms with Gasteiger partial charge in [-0.1, -0.05) is 0 Å². The van der Waals surface area contributed by atoms with Gasteiger partial charge in [-0.25, -0.2) is 0 Å². The molecule has 0 aromatic carbocycles. The zero-order valence-corrected chi connectivity index (χ0v) is 10.5. The Bertz CT molecular complexity index is 202. The average Bonchev–Trinajstić information content (AvgIpc) is 2.67. The van der Waals surface area contributed by atoms with Crippen LogP contribution in [0, 0.1) is 11.8 Å². The normalized spacial score (nSPS) is 33.4. The van der Waals surface area contributed by atoms with Gasteiger partial charge in [0.05, 0.1) is 0 Å². The first-order chi connectivity index (χ1) is 7.78. The highest BCUT2D eigenvalue weighted by Crippen LogP contribution is 2.26. The third kappa shape index (κ3) is 3.44. The van der Waals surface area contributed by atoms with Crippen LogP contribution < -0.4 is 5.73 Å². The van der Waals surface area contributed by atoms with Crippen molar-refractivity contribution in [1.82, 2.24) is 4.90 Å². The van der Waals surface area contributed by atoms with E-state index in [1.807, 2.05) is 7.11 Å². The van der Waals surface area contributed by atoms with Crippen molar-refractivity contribution in [3.05, 3.63) is 0 Å². The molecular weight excluding hydrogens is 200 g/mol. The summed E-state index contributed by atoms with van der Waals surface area (Å²) in [7, 11) is 1.81. The van der Waals surface area contributed by atoms with Crippen LogP contribution in [0.25, 0.3) is 0 Å². The molecule has 0 radical (unpaired) electrons. The molecule has 1 saturated heterocycles. The van der Waals surface area contributed by atoms with Gasteiger partial charge in [0.1, 0.15) is 0 Å². The van der Waals surface area contributed by atoms with Gasteiger partial charge in [0, 0.05) is 26.3 Å². The van der Waals surface area contributed by atoms with Crippen molar-refractivity contribution >= 4 is 0 Å². The smallest absolute Gasteiger partial charge is 0.0491 e. The Hall–Kier alpha value is -0.120. The van der Waals surface area contributed by atoms with Crippen LogP contribution in [0.1, 0.15) is 32.1 Å². The van der Waals surface area contributed by atoms with Crippen LogP contribution in [0.3, 0.4) is 0 Å². The molecule has 94 valence electrons. The zero-order chi connectivity index (χ0) is 11.4. The highest BCUT2D eigenvalue weighted by Gasteiger charge is 2.26. The van der Waals surface area contributed by atoms with Crippen molar-refractivity contribution in [2.24, 2.45) is 17.6 Å². The van der Waals surface area contributed by atoms with Crippen LogP contribution in [0.2, 0.25) is 0 Å². The molecule has 0 amide bonds. The molecule has 2 rings (SSSR count). The summed E-state index contributed by atoms with van der Waals surface area (Å²) < 4.78 is 5.23. The van der Waals surface area contributed by atoms with E-state index < -0.39 is 0 Å². The summed E-state index contributed by atoms with van der Waals surface area (Å²) in [5.74, 6) is 1.67. The molecule has 2 fully saturated rings. The second-order valence-corrected chi connectivity index (χ2v) is 5.64. The zero-order valence-electron chi connectivity index (χ0n) is 10.5. The summed E-state index contributed by atoms with van der Waals surface area (Å²) in [6.45, 7) is 4.76. The molecule has 1 aliphatic heterocycles. The molecule has 16 heavy (non-hydrogen) atoms. The molecule has 2 aliphatic rings. The minimum atomic E-state index is 0.482. The minimum Gasteiger partial charge on any atom is -0.384 e. The number of piperidine rings is 1. The standard InChI is InChI=1S/C13H26N2O/c1-16-10-11-4-6-15(7-5-11)9-12-2-3-13(14)8-12/h11-13H,2-10,14H2,1H3. The van der Waals surface area contributed by atoms with E-state index in [0.717, 1.165) is 18.4 Å². The van der Waals surface area contributed by atoms with Crippen molar-refractivity contribution in [3.63, 3.8) is 0 Å². The molecule has 0 aromatic rings. The highest BCUT2D eigenvalue weighted by molar-refractivity contribution is 4.81. The van der Waals surface area contributed by atoms with Crippen molar-refractivity contribution in [1.29, 1.82) is 0 Å². The minimum absolute atomic E-state index is 0.482. The van der Waals surface area contributed by atoms with Gasteiger partial charge >= 0.3 is 0 Å².